The van der Waals surface area contributed by atoms with Gasteiger partial charge in [0.1, 0.15) is 5.75 Å². The van der Waals surface area contributed by atoms with E-state index >= 15 is 0 Å². The third-order valence-electron chi connectivity index (χ3n) is 3.85. The number of carbonyl (C=O) groups excluding carboxylic acids is 2. The van der Waals surface area contributed by atoms with Crippen LogP contribution in [0.15, 0.2) is 24.3 Å². The second-order valence-corrected chi connectivity index (χ2v) is 5.28. The van der Waals surface area contributed by atoms with Gasteiger partial charge in [-0.3, -0.25) is 9.59 Å². The van der Waals surface area contributed by atoms with Crippen LogP contribution in [0.4, 0.5) is 0 Å². The third kappa shape index (κ3) is 3.43. The molecule has 0 radical (unpaired) electrons. The van der Waals surface area contributed by atoms with Gasteiger partial charge in [-0.05, 0) is 25.5 Å². The topological polar surface area (TPSA) is 52.6 Å². The number of para-hydroxylation sites is 1. The molecular weight excluding hydrogens is 268 g/mol. The normalized spacial score (nSPS) is 18.6. The molecule has 0 fully saturated rings. The predicted molar refractivity (Wildman–Crippen MR) is 79.4 cm³/mol. The number of fused-ring (bicyclic) bond motifs is 1. The maximum Gasteiger partial charge on any atom is 0.309 e. The van der Waals surface area contributed by atoms with Crippen LogP contribution in [0.2, 0.25) is 0 Å². The monoisotopic (exact) mass is 290 g/mol. The molecule has 1 heterocycles. The smallest absolute Gasteiger partial charge is 0.309 e. The molecule has 0 saturated heterocycles. The lowest BCUT2D eigenvalue weighted by molar-refractivity contribution is -0.150. The van der Waals surface area contributed by atoms with Gasteiger partial charge in [-0.15, -0.1) is 0 Å². The highest BCUT2D eigenvalue weighted by Crippen LogP contribution is 2.33. The van der Waals surface area contributed by atoms with Gasteiger partial charge in [-0.2, -0.15) is 0 Å². The fourth-order valence-corrected chi connectivity index (χ4v) is 2.71. The average Bonchev–Trinajstić information content (AvgIpc) is 2.50. The summed E-state index contributed by atoms with van der Waals surface area (Å²) in [5, 5.41) is 0. The molecule has 2 atom stereocenters. The number of hydrogen-bond acceptors (Lipinski definition) is 4. The number of benzene rings is 1. The Bertz CT molecular complexity index is 509. The van der Waals surface area contributed by atoms with E-state index in [0.717, 1.165) is 12.8 Å². The molecule has 0 N–H and O–H groups in total. The number of hydrogen-bond donors (Lipinski definition) is 0. The first-order valence-electron chi connectivity index (χ1n) is 7.61. The number of esters is 1. The third-order valence-corrected chi connectivity index (χ3v) is 3.85. The van der Waals surface area contributed by atoms with Crippen molar-refractivity contribution >= 4 is 11.8 Å². The van der Waals surface area contributed by atoms with E-state index in [0.29, 0.717) is 24.3 Å². The molecule has 1 aliphatic heterocycles. The van der Waals surface area contributed by atoms with Gasteiger partial charge in [0.25, 0.3) is 0 Å². The molecule has 1 aromatic rings. The molecule has 0 unspecified atom stereocenters. The van der Waals surface area contributed by atoms with E-state index in [-0.39, 0.29) is 18.4 Å². The number of rotatable bonds is 6. The van der Waals surface area contributed by atoms with Crippen molar-refractivity contribution in [3.63, 3.8) is 0 Å². The summed E-state index contributed by atoms with van der Waals surface area (Å²) in [5.74, 6) is -0.536. The highest BCUT2D eigenvalue weighted by molar-refractivity contribution is 6.03. The molecule has 21 heavy (non-hydrogen) atoms. The van der Waals surface area contributed by atoms with E-state index in [2.05, 4.69) is 6.92 Å². The minimum absolute atomic E-state index is 0.00833. The van der Waals surface area contributed by atoms with Gasteiger partial charge in [-0.25, -0.2) is 0 Å². The molecule has 0 spiro atoms. The zero-order valence-corrected chi connectivity index (χ0v) is 12.6. The minimum atomic E-state index is -0.439. The maximum atomic E-state index is 12.6. The summed E-state index contributed by atoms with van der Waals surface area (Å²) < 4.78 is 10.8. The van der Waals surface area contributed by atoms with E-state index in [1.807, 2.05) is 12.1 Å². The maximum absolute atomic E-state index is 12.6. The van der Waals surface area contributed by atoms with Crippen LogP contribution in [-0.2, 0) is 9.53 Å². The number of carbonyl (C=O) groups is 2. The highest BCUT2D eigenvalue weighted by Gasteiger charge is 2.38. The van der Waals surface area contributed by atoms with Crippen LogP contribution in [0.25, 0.3) is 0 Å². The summed E-state index contributed by atoms with van der Waals surface area (Å²) in [6, 6.07) is 7.20. The molecule has 0 aromatic heterocycles. The van der Waals surface area contributed by atoms with Gasteiger partial charge in [-0.1, -0.05) is 31.9 Å². The van der Waals surface area contributed by atoms with Gasteiger partial charge in [0.2, 0.25) is 0 Å². The van der Waals surface area contributed by atoms with E-state index in [1.54, 1.807) is 19.1 Å². The van der Waals surface area contributed by atoms with Crippen molar-refractivity contribution in [2.45, 2.75) is 33.1 Å². The lowest BCUT2D eigenvalue weighted by Gasteiger charge is -2.29. The Kier molecular flexibility index (Phi) is 5.37. The highest BCUT2D eigenvalue weighted by atomic mass is 16.5. The van der Waals surface area contributed by atoms with Gasteiger partial charge in [0.05, 0.1) is 30.6 Å². The average molecular weight is 290 g/mol. The second kappa shape index (κ2) is 7.25. The van der Waals surface area contributed by atoms with Crippen molar-refractivity contribution in [2.24, 2.45) is 11.8 Å². The van der Waals surface area contributed by atoms with E-state index in [9.17, 15) is 9.59 Å². The van der Waals surface area contributed by atoms with Gasteiger partial charge >= 0.3 is 5.97 Å². The lowest BCUT2D eigenvalue weighted by Crippen LogP contribution is -2.38. The molecule has 0 bridgehead atoms. The van der Waals surface area contributed by atoms with Gasteiger partial charge in [0, 0.05) is 0 Å². The fourth-order valence-electron chi connectivity index (χ4n) is 2.71. The van der Waals surface area contributed by atoms with Gasteiger partial charge in [0.15, 0.2) is 5.78 Å². The van der Waals surface area contributed by atoms with Crippen molar-refractivity contribution in [2.75, 3.05) is 13.2 Å². The fraction of sp³-hybridized carbons (Fsp3) is 0.529. The Labute approximate surface area is 125 Å². The molecule has 2 rings (SSSR count). The molecule has 0 saturated carbocycles. The van der Waals surface area contributed by atoms with Crippen LogP contribution in [0.1, 0.15) is 43.5 Å². The molecular formula is C17H22O4. The summed E-state index contributed by atoms with van der Waals surface area (Å²) in [4.78, 5) is 24.8. The van der Waals surface area contributed by atoms with Crippen LogP contribution in [0.5, 0.6) is 5.75 Å². The van der Waals surface area contributed by atoms with Crippen molar-refractivity contribution in [3.05, 3.63) is 29.8 Å². The van der Waals surface area contributed by atoms with E-state index < -0.39 is 11.8 Å². The van der Waals surface area contributed by atoms with Crippen LogP contribution >= 0.6 is 0 Å². The largest absolute Gasteiger partial charge is 0.492 e. The quantitative estimate of drug-likeness (QED) is 0.755. The van der Waals surface area contributed by atoms with Crippen LogP contribution < -0.4 is 4.74 Å². The first-order valence-corrected chi connectivity index (χ1v) is 7.61. The van der Waals surface area contributed by atoms with Crippen molar-refractivity contribution in [3.8, 4) is 5.75 Å². The summed E-state index contributed by atoms with van der Waals surface area (Å²) in [6.07, 6.45) is 2.54. The molecule has 1 aliphatic rings. The predicted octanol–water partition coefficient (Wildman–Crippen LogP) is 3.25. The van der Waals surface area contributed by atoms with Gasteiger partial charge < -0.3 is 9.47 Å². The van der Waals surface area contributed by atoms with Crippen LogP contribution in [0, 0.1) is 11.8 Å². The molecule has 114 valence electrons. The first-order chi connectivity index (χ1) is 10.2. The van der Waals surface area contributed by atoms with Crippen molar-refractivity contribution in [1.82, 2.24) is 0 Å². The zero-order chi connectivity index (χ0) is 15.2. The lowest BCUT2D eigenvalue weighted by atomic mass is 9.81. The number of Topliss-reactive ketones (excluding diaryl/α,β-unsaturated/α-hetero) is 1. The van der Waals surface area contributed by atoms with Crippen LogP contribution in [0.3, 0.4) is 0 Å². The Morgan fingerprint density at radius 1 is 1.38 bits per heavy atom. The van der Waals surface area contributed by atoms with Crippen LogP contribution in [-0.4, -0.2) is 25.0 Å². The SMILES string of the molecule is CCCC[C@@H](C(=O)OCC)[C@H]1COc2ccccc2C1=O. The molecule has 0 aliphatic carbocycles. The molecule has 0 amide bonds. The van der Waals surface area contributed by atoms with E-state index in [1.165, 1.54) is 0 Å². The Hall–Kier alpha value is -1.84. The summed E-state index contributed by atoms with van der Waals surface area (Å²) in [6.45, 7) is 4.43. The number of unbranched alkanes of at least 4 members (excludes halogenated alkanes) is 1. The Morgan fingerprint density at radius 2 is 2.14 bits per heavy atom. The Morgan fingerprint density at radius 3 is 2.86 bits per heavy atom. The van der Waals surface area contributed by atoms with E-state index in [4.69, 9.17) is 9.47 Å². The molecule has 4 heteroatoms. The number of ether oxygens (including phenoxy) is 2. The van der Waals surface area contributed by atoms with Crippen molar-refractivity contribution < 1.29 is 19.1 Å². The Balaban J connectivity index is 2.21. The summed E-state index contributed by atoms with van der Waals surface area (Å²) in [7, 11) is 0. The first kappa shape index (κ1) is 15.5. The second-order valence-electron chi connectivity index (χ2n) is 5.28. The standard InChI is InChI=1S/C17H22O4/c1-3-5-8-12(17(19)20-4-2)14-11-21-15-10-7-6-9-13(15)16(14)18/h6-7,9-10,12,14H,3-5,8,11H2,1-2H3/t12-,14-/m1/s1. The summed E-state index contributed by atoms with van der Waals surface area (Å²) in [5.41, 5.74) is 0.569. The number of ketones is 1. The van der Waals surface area contributed by atoms with Crippen molar-refractivity contribution in [1.29, 1.82) is 0 Å². The summed E-state index contributed by atoms with van der Waals surface area (Å²) >= 11 is 0. The molecule has 4 nitrogen and oxygen atoms in total. The minimum Gasteiger partial charge on any atom is -0.492 e. The molecule has 1 aromatic carbocycles. The zero-order valence-electron chi connectivity index (χ0n) is 12.6.